The Morgan fingerprint density at radius 1 is 1.32 bits per heavy atom. The minimum atomic E-state index is 0.229. The van der Waals surface area contributed by atoms with Gasteiger partial charge < -0.3 is 10.4 Å². The molecule has 0 saturated heterocycles. The SMILES string of the molecule is CCn1cc(Nc2nccc3ccc(O)cc23)cn1. The molecule has 0 spiro atoms. The fraction of sp³-hybridized carbons (Fsp3) is 0.143. The van der Waals surface area contributed by atoms with Gasteiger partial charge in [0.15, 0.2) is 0 Å². The summed E-state index contributed by atoms with van der Waals surface area (Å²) in [5.74, 6) is 0.942. The summed E-state index contributed by atoms with van der Waals surface area (Å²) in [4.78, 5) is 4.32. The number of rotatable bonds is 3. The van der Waals surface area contributed by atoms with Crippen LogP contribution in [0.5, 0.6) is 5.75 Å². The van der Waals surface area contributed by atoms with Crippen LogP contribution in [0, 0.1) is 0 Å². The van der Waals surface area contributed by atoms with Gasteiger partial charge in [-0.05, 0) is 30.5 Å². The fourth-order valence-electron chi connectivity index (χ4n) is 1.99. The average Bonchev–Trinajstić information content (AvgIpc) is 2.87. The zero-order valence-electron chi connectivity index (χ0n) is 10.5. The van der Waals surface area contributed by atoms with Crippen molar-refractivity contribution in [3.8, 4) is 5.75 Å². The first-order chi connectivity index (χ1) is 9.26. The molecular weight excluding hydrogens is 240 g/mol. The van der Waals surface area contributed by atoms with E-state index in [0.29, 0.717) is 5.82 Å². The van der Waals surface area contributed by atoms with E-state index in [1.165, 1.54) is 0 Å². The molecule has 19 heavy (non-hydrogen) atoms. The number of phenolic OH excluding ortho intramolecular Hbond substituents is 1. The molecule has 5 nitrogen and oxygen atoms in total. The zero-order chi connectivity index (χ0) is 13.2. The largest absolute Gasteiger partial charge is 0.508 e. The summed E-state index contributed by atoms with van der Waals surface area (Å²) in [7, 11) is 0. The molecule has 1 aromatic carbocycles. The molecule has 3 rings (SSSR count). The van der Waals surface area contributed by atoms with E-state index in [-0.39, 0.29) is 5.75 Å². The lowest BCUT2D eigenvalue weighted by Gasteiger charge is -2.07. The maximum Gasteiger partial charge on any atom is 0.138 e. The highest BCUT2D eigenvalue weighted by Crippen LogP contribution is 2.27. The number of fused-ring (bicyclic) bond motifs is 1. The zero-order valence-corrected chi connectivity index (χ0v) is 10.5. The highest BCUT2D eigenvalue weighted by molar-refractivity contribution is 5.94. The predicted octanol–water partition coefficient (Wildman–Crippen LogP) is 2.90. The van der Waals surface area contributed by atoms with Crippen LogP contribution in [-0.2, 0) is 6.54 Å². The number of anilines is 2. The molecule has 0 atom stereocenters. The van der Waals surface area contributed by atoms with Crippen molar-refractivity contribution in [1.29, 1.82) is 0 Å². The van der Waals surface area contributed by atoms with Gasteiger partial charge in [-0.1, -0.05) is 6.07 Å². The van der Waals surface area contributed by atoms with Gasteiger partial charge in [-0.15, -0.1) is 0 Å². The quantitative estimate of drug-likeness (QED) is 0.754. The maximum absolute atomic E-state index is 9.59. The Labute approximate surface area is 110 Å². The molecular formula is C14H14N4O. The van der Waals surface area contributed by atoms with Gasteiger partial charge >= 0.3 is 0 Å². The van der Waals surface area contributed by atoms with Gasteiger partial charge in [0.1, 0.15) is 11.6 Å². The average molecular weight is 254 g/mol. The van der Waals surface area contributed by atoms with Gasteiger partial charge in [-0.25, -0.2) is 4.98 Å². The van der Waals surface area contributed by atoms with Crippen LogP contribution in [0.2, 0.25) is 0 Å². The molecule has 2 heterocycles. The second-order valence-corrected chi connectivity index (χ2v) is 4.27. The number of aryl methyl sites for hydroxylation is 1. The van der Waals surface area contributed by atoms with E-state index in [2.05, 4.69) is 15.4 Å². The Hall–Kier alpha value is -2.56. The molecule has 2 aromatic heterocycles. The van der Waals surface area contributed by atoms with Crippen molar-refractivity contribution in [2.75, 3.05) is 5.32 Å². The summed E-state index contributed by atoms with van der Waals surface area (Å²) >= 11 is 0. The van der Waals surface area contributed by atoms with Crippen molar-refractivity contribution in [2.24, 2.45) is 0 Å². The van der Waals surface area contributed by atoms with Gasteiger partial charge in [0.2, 0.25) is 0 Å². The molecule has 0 amide bonds. The third-order valence-corrected chi connectivity index (χ3v) is 2.97. The maximum atomic E-state index is 9.59. The van der Waals surface area contributed by atoms with E-state index in [0.717, 1.165) is 23.0 Å². The molecule has 0 unspecified atom stereocenters. The molecule has 0 radical (unpaired) electrons. The topological polar surface area (TPSA) is 63.0 Å². The van der Waals surface area contributed by atoms with Crippen molar-refractivity contribution < 1.29 is 5.11 Å². The first kappa shape index (κ1) is 11.5. The lowest BCUT2D eigenvalue weighted by molar-refractivity contribution is 0.476. The Morgan fingerprint density at radius 3 is 3.00 bits per heavy atom. The van der Waals surface area contributed by atoms with Crippen molar-refractivity contribution in [1.82, 2.24) is 14.8 Å². The lowest BCUT2D eigenvalue weighted by atomic mass is 10.1. The Morgan fingerprint density at radius 2 is 2.21 bits per heavy atom. The summed E-state index contributed by atoms with van der Waals surface area (Å²) in [6, 6.07) is 7.15. The van der Waals surface area contributed by atoms with Crippen LogP contribution >= 0.6 is 0 Å². The Bertz CT molecular complexity index is 720. The molecule has 0 aliphatic carbocycles. The van der Waals surface area contributed by atoms with Crippen LogP contribution in [0.3, 0.4) is 0 Å². The van der Waals surface area contributed by atoms with Gasteiger partial charge in [0.05, 0.1) is 11.9 Å². The first-order valence-corrected chi connectivity index (χ1v) is 6.13. The lowest BCUT2D eigenvalue weighted by Crippen LogP contribution is -1.94. The molecule has 0 aliphatic rings. The Balaban J connectivity index is 2.02. The second-order valence-electron chi connectivity index (χ2n) is 4.27. The number of aromatic nitrogens is 3. The number of benzene rings is 1. The van der Waals surface area contributed by atoms with Crippen LogP contribution in [-0.4, -0.2) is 19.9 Å². The van der Waals surface area contributed by atoms with Gasteiger partial charge in [0, 0.05) is 24.3 Å². The molecule has 0 saturated carbocycles. The van der Waals surface area contributed by atoms with Crippen LogP contribution in [0.15, 0.2) is 42.9 Å². The number of phenols is 1. The summed E-state index contributed by atoms with van der Waals surface area (Å²) in [5.41, 5.74) is 0.880. The summed E-state index contributed by atoms with van der Waals surface area (Å²) < 4.78 is 1.84. The van der Waals surface area contributed by atoms with E-state index >= 15 is 0 Å². The third-order valence-electron chi connectivity index (χ3n) is 2.97. The van der Waals surface area contributed by atoms with Crippen LogP contribution in [0.4, 0.5) is 11.5 Å². The van der Waals surface area contributed by atoms with Crippen molar-refractivity contribution in [3.05, 3.63) is 42.9 Å². The number of nitrogens with one attached hydrogen (secondary N) is 1. The van der Waals surface area contributed by atoms with Crippen molar-refractivity contribution in [3.63, 3.8) is 0 Å². The monoisotopic (exact) mass is 254 g/mol. The minimum Gasteiger partial charge on any atom is -0.508 e. The van der Waals surface area contributed by atoms with Crippen LogP contribution < -0.4 is 5.32 Å². The van der Waals surface area contributed by atoms with E-state index in [1.54, 1.807) is 24.5 Å². The van der Waals surface area contributed by atoms with Crippen LogP contribution in [0.25, 0.3) is 10.8 Å². The molecule has 0 bridgehead atoms. The number of aromatic hydroxyl groups is 1. The van der Waals surface area contributed by atoms with Gasteiger partial charge in [-0.2, -0.15) is 5.10 Å². The summed E-state index contributed by atoms with van der Waals surface area (Å²) in [5, 5.41) is 18.9. The van der Waals surface area contributed by atoms with Gasteiger partial charge in [-0.3, -0.25) is 4.68 Å². The molecule has 96 valence electrons. The highest BCUT2D eigenvalue weighted by atomic mass is 16.3. The summed E-state index contributed by atoms with van der Waals surface area (Å²) in [6.07, 6.45) is 5.42. The smallest absolute Gasteiger partial charge is 0.138 e. The molecule has 0 aliphatic heterocycles. The van der Waals surface area contributed by atoms with E-state index in [1.807, 2.05) is 29.9 Å². The van der Waals surface area contributed by atoms with Gasteiger partial charge in [0.25, 0.3) is 0 Å². The summed E-state index contributed by atoms with van der Waals surface area (Å²) in [6.45, 7) is 2.86. The minimum absolute atomic E-state index is 0.229. The third kappa shape index (κ3) is 2.22. The van der Waals surface area contributed by atoms with Crippen molar-refractivity contribution >= 4 is 22.3 Å². The first-order valence-electron chi connectivity index (χ1n) is 6.13. The Kier molecular flexibility index (Phi) is 2.79. The van der Waals surface area contributed by atoms with E-state index < -0.39 is 0 Å². The standard InChI is InChI=1S/C14H14N4O/c1-2-18-9-11(8-16-18)17-14-13-7-12(19)4-3-10(13)5-6-15-14/h3-9,19H,2H2,1H3,(H,15,17). The number of nitrogens with zero attached hydrogens (tertiary/aromatic N) is 3. The van der Waals surface area contributed by atoms with E-state index in [9.17, 15) is 5.11 Å². The second kappa shape index (κ2) is 4.61. The van der Waals surface area contributed by atoms with E-state index in [4.69, 9.17) is 0 Å². The number of hydrogen-bond donors (Lipinski definition) is 2. The predicted molar refractivity (Wildman–Crippen MR) is 74.6 cm³/mol. The highest BCUT2D eigenvalue weighted by Gasteiger charge is 2.05. The molecule has 2 N–H and O–H groups in total. The van der Waals surface area contributed by atoms with Crippen molar-refractivity contribution in [2.45, 2.75) is 13.5 Å². The number of pyridine rings is 1. The molecule has 0 fully saturated rings. The normalized spacial score (nSPS) is 10.8. The molecule has 3 aromatic rings. The molecule has 5 heteroatoms. The fourth-order valence-corrected chi connectivity index (χ4v) is 1.99. The van der Waals surface area contributed by atoms with Crippen LogP contribution in [0.1, 0.15) is 6.92 Å². The number of hydrogen-bond acceptors (Lipinski definition) is 4.